The van der Waals surface area contributed by atoms with Crippen LogP contribution >= 0.6 is 7.82 Å². The third-order valence-electron chi connectivity index (χ3n) is 11.8. The summed E-state index contributed by atoms with van der Waals surface area (Å²) in [4.78, 5) is 23.2. The van der Waals surface area contributed by atoms with Crippen LogP contribution in [0.4, 0.5) is 0 Å². The summed E-state index contributed by atoms with van der Waals surface area (Å²) in [6.07, 6.45) is 33.9. The normalized spacial score (nSPS) is 22.1. The molecule has 6 atom stereocenters. The second-order valence-electron chi connectivity index (χ2n) is 17.7. The quantitative estimate of drug-likeness (QED) is 0.0147. The molecule has 0 amide bonds. The number of carbonyl (C=O) groups excluding carboxylic acids is 1. The zero-order valence-corrected chi connectivity index (χ0v) is 40.1. The lowest BCUT2D eigenvalue weighted by atomic mass is 9.85. The summed E-state index contributed by atoms with van der Waals surface area (Å²) in [7, 11) is -5.01. The van der Waals surface area contributed by atoms with E-state index >= 15 is 0 Å². The first kappa shape index (κ1) is 58.8. The van der Waals surface area contributed by atoms with E-state index in [1.54, 1.807) is 0 Å². The van der Waals surface area contributed by atoms with E-state index in [0.29, 0.717) is 13.0 Å². The highest BCUT2D eigenvalue weighted by Crippen LogP contribution is 2.47. The number of phosphoric acid groups is 1. The molecule has 0 aromatic heterocycles. The van der Waals surface area contributed by atoms with E-state index in [1.165, 1.54) is 148 Å². The fraction of sp³-hybridized carbons (Fsp3) is 0.898. The SMILES string of the molecule is CCCCCCC/C=C\C/C=C\CCCCCCCCCCCCCC(=O)OC(COCCCCCCCCCCCCCC)COP(=O)(O)OC1C(O)C(O)C(O)C(O)C1O. The number of unbranched alkanes of at least 4 members (excludes halogenated alkanes) is 27. The molecule has 0 saturated heterocycles. The van der Waals surface area contributed by atoms with Gasteiger partial charge in [-0.1, -0.05) is 192 Å². The van der Waals surface area contributed by atoms with Gasteiger partial charge in [0, 0.05) is 13.0 Å². The number of allylic oxidation sites excluding steroid dienone is 4. The lowest BCUT2D eigenvalue weighted by Gasteiger charge is -2.41. The minimum Gasteiger partial charge on any atom is -0.457 e. The van der Waals surface area contributed by atoms with Crippen molar-refractivity contribution in [2.24, 2.45) is 0 Å². The van der Waals surface area contributed by atoms with E-state index in [-0.39, 0.29) is 13.0 Å². The Labute approximate surface area is 377 Å². The Bertz CT molecular complexity index is 1120. The van der Waals surface area contributed by atoms with Gasteiger partial charge in [-0.2, -0.15) is 0 Å². The molecule has 0 aromatic carbocycles. The van der Waals surface area contributed by atoms with E-state index in [1.807, 2.05) is 0 Å². The summed E-state index contributed by atoms with van der Waals surface area (Å²) >= 11 is 0. The van der Waals surface area contributed by atoms with Crippen molar-refractivity contribution in [2.75, 3.05) is 19.8 Å². The molecule has 0 bridgehead atoms. The van der Waals surface area contributed by atoms with E-state index in [4.69, 9.17) is 18.5 Å². The van der Waals surface area contributed by atoms with Gasteiger partial charge in [-0.15, -0.1) is 0 Å². The van der Waals surface area contributed by atoms with E-state index in [0.717, 1.165) is 44.9 Å². The fourth-order valence-corrected chi connectivity index (χ4v) is 8.77. The highest BCUT2D eigenvalue weighted by Gasteiger charge is 2.51. The van der Waals surface area contributed by atoms with Crippen LogP contribution in [0.25, 0.3) is 0 Å². The minimum atomic E-state index is -5.01. The fourth-order valence-electron chi connectivity index (χ4n) is 7.80. The standard InChI is InChI=1S/C49H93O12P/c1-3-5-7-9-11-13-15-17-18-19-20-21-22-23-24-25-26-27-28-30-32-34-36-38-43(50)60-42(40-58-39-37-35-33-31-29-16-14-12-10-8-6-4-2)41-59-62(56,57)61-49-47(54)45(52)44(51)46(53)48(49)55/h15,17,19-20,42,44-49,51-55H,3-14,16,18,21-41H2,1-2H3,(H,56,57)/b17-15-,20-19-. The number of aliphatic hydroxyl groups excluding tert-OH is 5. The topological polar surface area (TPSA) is 192 Å². The second-order valence-corrected chi connectivity index (χ2v) is 19.1. The maximum absolute atomic E-state index is 12.8. The summed E-state index contributed by atoms with van der Waals surface area (Å²) in [6, 6.07) is 0. The summed E-state index contributed by atoms with van der Waals surface area (Å²) in [6.45, 7) is 4.27. The van der Waals surface area contributed by atoms with Crippen LogP contribution in [0.2, 0.25) is 0 Å². The molecule has 0 heterocycles. The molecule has 0 radical (unpaired) electrons. The van der Waals surface area contributed by atoms with E-state index in [2.05, 4.69) is 38.2 Å². The summed E-state index contributed by atoms with van der Waals surface area (Å²) in [5.74, 6) is -0.476. The summed E-state index contributed by atoms with van der Waals surface area (Å²) < 4.78 is 34.2. The first-order valence-electron chi connectivity index (χ1n) is 25.2. The number of rotatable bonds is 43. The van der Waals surface area contributed by atoms with E-state index in [9.17, 15) is 39.8 Å². The van der Waals surface area contributed by atoms with Gasteiger partial charge in [0.15, 0.2) is 0 Å². The van der Waals surface area contributed by atoms with Gasteiger partial charge in [-0.25, -0.2) is 4.57 Å². The molecule has 1 fully saturated rings. The smallest absolute Gasteiger partial charge is 0.457 e. The number of esters is 1. The van der Waals surface area contributed by atoms with Crippen LogP contribution in [-0.2, 0) is 27.9 Å². The molecule has 1 aliphatic rings. The predicted octanol–water partition coefficient (Wildman–Crippen LogP) is 10.9. The maximum atomic E-state index is 12.8. The van der Waals surface area contributed by atoms with Gasteiger partial charge < -0.3 is 39.9 Å². The molecule has 1 saturated carbocycles. The molecule has 6 unspecified atom stereocenters. The first-order valence-corrected chi connectivity index (χ1v) is 26.7. The van der Waals surface area contributed by atoms with Gasteiger partial charge in [0.05, 0.1) is 13.2 Å². The molecule has 1 rings (SSSR count). The molecule has 6 N–H and O–H groups in total. The number of ether oxygens (including phenoxy) is 2. The number of carbonyl (C=O) groups is 1. The Balaban J connectivity index is 2.30. The lowest BCUT2D eigenvalue weighted by molar-refractivity contribution is -0.220. The lowest BCUT2D eigenvalue weighted by Crippen LogP contribution is -2.64. The molecule has 1 aliphatic carbocycles. The summed E-state index contributed by atoms with van der Waals surface area (Å²) in [5, 5.41) is 50.2. The van der Waals surface area contributed by atoms with Crippen LogP contribution < -0.4 is 0 Å². The van der Waals surface area contributed by atoms with Gasteiger partial charge in [-0.05, 0) is 44.9 Å². The summed E-state index contributed by atoms with van der Waals surface area (Å²) in [5.41, 5.74) is 0. The van der Waals surface area contributed by atoms with Crippen molar-refractivity contribution in [1.29, 1.82) is 0 Å². The Morgan fingerprint density at radius 1 is 0.516 bits per heavy atom. The third kappa shape index (κ3) is 31.7. The third-order valence-corrected chi connectivity index (χ3v) is 12.8. The first-order chi connectivity index (χ1) is 30.0. The average molecular weight is 905 g/mol. The number of hydrogen-bond donors (Lipinski definition) is 6. The highest BCUT2D eigenvalue weighted by atomic mass is 31.2. The molecule has 62 heavy (non-hydrogen) atoms. The molecule has 12 nitrogen and oxygen atoms in total. The number of phosphoric ester groups is 1. The second kappa shape index (κ2) is 40.1. The van der Waals surface area contributed by atoms with Gasteiger partial charge in [0.25, 0.3) is 0 Å². The molecular weight excluding hydrogens is 812 g/mol. The molecule has 0 aromatic rings. The Morgan fingerprint density at radius 2 is 0.903 bits per heavy atom. The van der Waals surface area contributed by atoms with Crippen LogP contribution in [0.15, 0.2) is 24.3 Å². The Hall–Kier alpha value is -1.18. The van der Waals surface area contributed by atoms with Crippen molar-refractivity contribution in [2.45, 2.75) is 262 Å². The van der Waals surface area contributed by atoms with Crippen LogP contribution in [0.1, 0.15) is 219 Å². The van der Waals surface area contributed by atoms with Gasteiger partial charge in [0.1, 0.15) is 42.7 Å². The minimum absolute atomic E-state index is 0.0731. The van der Waals surface area contributed by atoms with Crippen molar-refractivity contribution in [3.8, 4) is 0 Å². The zero-order chi connectivity index (χ0) is 45.5. The molecule has 366 valence electrons. The Kier molecular flexibility index (Phi) is 38.1. The highest BCUT2D eigenvalue weighted by molar-refractivity contribution is 7.47. The molecule has 0 aliphatic heterocycles. The maximum Gasteiger partial charge on any atom is 0.472 e. The van der Waals surface area contributed by atoms with Crippen LogP contribution in [0.3, 0.4) is 0 Å². The monoisotopic (exact) mass is 905 g/mol. The van der Waals surface area contributed by atoms with Gasteiger partial charge >= 0.3 is 13.8 Å². The van der Waals surface area contributed by atoms with Crippen LogP contribution in [0, 0.1) is 0 Å². The van der Waals surface area contributed by atoms with Crippen molar-refractivity contribution in [3.05, 3.63) is 24.3 Å². The molecular formula is C49H93O12P. The van der Waals surface area contributed by atoms with Gasteiger partial charge in [-0.3, -0.25) is 13.8 Å². The van der Waals surface area contributed by atoms with Crippen molar-refractivity contribution < 1.29 is 58.3 Å². The van der Waals surface area contributed by atoms with Crippen molar-refractivity contribution in [3.63, 3.8) is 0 Å². The zero-order valence-electron chi connectivity index (χ0n) is 39.2. The van der Waals surface area contributed by atoms with Crippen LogP contribution in [-0.4, -0.2) is 98.9 Å². The largest absolute Gasteiger partial charge is 0.472 e. The van der Waals surface area contributed by atoms with E-state index < -0.39 is 63.1 Å². The van der Waals surface area contributed by atoms with Crippen molar-refractivity contribution >= 4 is 13.8 Å². The average Bonchev–Trinajstić information content (AvgIpc) is 3.26. The van der Waals surface area contributed by atoms with Crippen molar-refractivity contribution in [1.82, 2.24) is 0 Å². The number of aliphatic hydroxyl groups is 5. The Morgan fingerprint density at radius 3 is 1.35 bits per heavy atom. The predicted molar refractivity (Wildman–Crippen MR) is 249 cm³/mol. The van der Waals surface area contributed by atoms with Crippen LogP contribution in [0.5, 0.6) is 0 Å². The van der Waals surface area contributed by atoms with Gasteiger partial charge in [0.2, 0.25) is 0 Å². The molecule has 13 heteroatoms. The molecule has 0 spiro atoms. The number of hydrogen-bond acceptors (Lipinski definition) is 11.